The number of hydrogen-bond donors (Lipinski definition) is 0. The van der Waals surface area contributed by atoms with E-state index in [2.05, 4.69) is 42.2 Å². The minimum Gasteiger partial charge on any atom is -0.358 e. The third kappa shape index (κ3) is 2.93. The van der Waals surface area contributed by atoms with Crippen molar-refractivity contribution >= 4 is 5.69 Å². The Morgan fingerprint density at radius 3 is 2.57 bits per heavy atom. The van der Waals surface area contributed by atoms with Crippen LogP contribution in [0.3, 0.4) is 0 Å². The second-order valence-corrected chi connectivity index (χ2v) is 6.18. The first-order valence-electron chi connectivity index (χ1n) is 8.16. The van der Waals surface area contributed by atoms with Crippen molar-refractivity contribution in [1.29, 1.82) is 0 Å². The highest BCUT2D eigenvalue weighted by atomic mass is 16.6. The second-order valence-electron chi connectivity index (χ2n) is 6.18. The second kappa shape index (κ2) is 6.41. The fourth-order valence-electron chi connectivity index (χ4n) is 3.53. The molecule has 1 aliphatic heterocycles. The molecular formula is C19H22N2O2. The van der Waals surface area contributed by atoms with Crippen molar-refractivity contribution in [3.8, 4) is 0 Å². The van der Waals surface area contributed by atoms with Crippen LogP contribution in [0.2, 0.25) is 0 Å². The predicted octanol–water partition coefficient (Wildman–Crippen LogP) is 4.15. The van der Waals surface area contributed by atoms with Gasteiger partial charge in [-0.2, -0.15) is 0 Å². The Bertz CT molecular complexity index is 697. The molecule has 2 unspecified atom stereocenters. The molecule has 0 radical (unpaired) electrons. The molecule has 120 valence electrons. The summed E-state index contributed by atoms with van der Waals surface area (Å²) in [6.07, 6.45) is 1.45. The van der Waals surface area contributed by atoms with Crippen molar-refractivity contribution in [3.63, 3.8) is 0 Å². The van der Waals surface area contributed by atoms with Crippen molar-refractivity contribution in [1.82, 2.24) is 0 Å². The topological polar surface area (TPSA) is 46.4 Å². The van der Waals surface area contributed by atoms with Gasteiger partial charge in [-0.15, -0.1) is 0 Å². The third-order valence-electron chi connectivity index (χ3n) is 4.75. The molecule has 0 aromatic heterocycles. The van der Waals surface area contributed by atoms with Gasteiger partial charge in [-0.05, 0) is 36.6 Å². The average Bonchev–Trinajstić information content (AvgIpc) is 2.56. The van der Waals surface area contributed by atoms with Crippen molar-refractivity contribution in [3.05, 3.63) is 75.3 Å². The summed E-state index contributed by atoms with van der Waals surface area (Å²) in [6, 6.07) is 15.6. The van der Waals surface area contributed by atoms with Crippen molar-refractivity contribution in [2.45, 2.75) is 38.8 Å². The lowest BCUT2D eigenvalue weighted by atomic mass is 9.87. The first-order valence-corrected chi connectivity index (χ1v) is 8.16. The van der Waals surface area contributed by atoms with Gasteiger partial charge in [0.15, 0.2) is 0 Å². The maximum absolute atomic E-state index is 11.6. The van der Waals surface area contributed by atoms with E-state index in [1.165, 1.54) is 11.1 Å². The highest BCUT2D eigenvalue weighted by Gasteiger charge is 2.39. The quantitative estimate of drug-likeness (QED) is 0.629. The Morgan fingerprint density at radius 1 is 1.22 bits per heavy atom. The Kier molecular flexibility index (Phi) is 4.33. The van der Waals surface area contributed by atoms with E-state index >= 15 is 0 Å². The standard InChI is InChI=1S/C19H22N2O2/c1-3-18(21(22)23)19-17-7-5-4-6-15(17)12-13-20(19)16-10-8-14(2)9-11-16/h4-11,18-19H,3,12-13H2,1-2H3. The lowest BCUT2D eigenvalue weighted by molar-refractivity contribution is -0.527. The van der Waals surface area contributed by atoms with E-state index < -0.39 is 6.04 Å². The molecular weight excluding hydrogens is 288 g/mol. The molecule has 0 aliphatic carbocycles. The SMILES string of the molecule is CCC(C1c2ccccc2CCN1c1ccc(C)cc1)[N+](=O)[O-]. The van der Waals surface area contributed by atoms with Gasteiger partial charge in [0, 0.05) is 23.6 Å². The number of aryl methyl sites for hydroxylation is 1. The maximum atomic E-state index is 11.6. The van der Waals surface area contributed by atoms with Crippen LogP contribution in [0.25, 0.3) is 0 Å². The van der Waals surface area contributed by atoms with E-state index in [1.807, 2.05) is 25.1 Å². The van der Waals surface area contributed by atoms with Crippen LogP contribution in [0, 0.1) is 17.0 Å². The zero-order valence-electron chi connectivity index (χ0n) is 13.6. The zero-order chi connectivity index (χ0) is 16.4. The molecule has 4 heteroatoms. The lowest BCUT2D eigenvalue weighted by Crippen LogP contribution is -2.44. The molecule has 23 heavy (non-hydrogen) atoms. The van der Waals surface area contributed by atoms with Crippen LogP contribution in [-0.4, -0.2) is 17.5 Å². The number of nitro groups is 1. The zero-order valence-corrected chi connectivity index (χ0v) is 13.6. The van der Waals surface area contributed by atoms with E-state index in [1.54, 1.807) is 0 Å². The van der Waals surface area contributed by atoms with E-state index in [0.717, 1.165) is 24.2 Å². The highest BCUT2D eigenvalue weighted by Crippen LogP contribution is 2.37. The van der Waals surface area contributed by atoms with E-state index in [0.29, 0.717) is 6.42 Å². The molecule has 2 aromatic rings. The minimum atomic E-state index is -0.599. The largest absolute Gasteiger partial charge is 0.358 e. The molecule has 0 bridgehead atoms. The molecule has 2 aromatic carbocycles. The van der Waals surface area contributed by atoms with Crippen molar-refractivity contribution in [2.75, 3.05) is 11.4 Å². The van der Waals surface area contributed by atoms with Crippen molar-refractivity contribution in [2.24, 2.45) is 0 Å². The number of rotatable bonds is 4. The van der Waals surface area contributed by atoms with Crippen LogP contribution in [-0.2, 0) is 6.42 Å². The Balaban J connectivity index is 2.08. The molecule has 0 amide bonds. The van der Waals surface area contributed by atoms with Gasteiger partial charge in [-0.3, -0.25) is 10.1 Å². The molecule has 3 rings (SSSR count). The number of anilines is 1. The van der Waals surface area contributed by atoms with Gasteiger partial charge < -0.3 is 4.90 Å². The van der Waals surface area contributed by atoms with Gasteiger partial charge in [0.05, 0.1) is 0 Å². The van der Waals surface area contributed by atoms with Crippen LogP contribution in [0.5, 0.6) is 0 Å². The molecule has 0 spiro atoms. The molecule has 0 fully saturated rings. The highest BCUT2D eigenvalue weighted by molar-refractivity contribution is 5.53. The van der Waals surface area contributed by atoms with Crippen LogP contribution < -0.4 is 4.90 Å². The summed E-state index contributed by atoms with van der Waals surface area (Å²) < 4.78 is 0. The monoisotopic (exact) mass is 310 g/mol. The summed E-state index contributed by atoms with van der Waals surface area (Å²) >= 11 is 0. The Morgan fingerprint density at radius 2 is 1.91 bits per heavy atom. The summed E-state index contributed by atoms with van der Waals surface area (Å²) in [7, 11) is 0. The van der Waals surface area contributed by atoms with Gasteiger partial charge in [0.2, 0.25) is 6.04 Å². The third-order valence-corrected chi connectivity index (χ3v) is 4.75. The van der Waals surface area contributed by atoms with Gasteiger partial charge in [-0.25, -0.2) is 0 Å². The Labute approximate surface area is 136 Å². The molecule has 4 nitrogen and oxygen atoms in total. The van der Waals surface area contributed by atoms with Crippen LogP contribution in [0.4, 0.5) is 5.69 Å². The van der Waals surface area contributed by atoms with Gasteiger partial charge in [0.1, 0.15) is 6.04 Å². The number of benzene rings is 2. The number of fused-ring (bicyclic) bond motifs is 1. The first-order chi connectivity index (χ1) is 11.1. The number of nitrogens with zero attached hydrogens (tertiary/aromatic N) is 2. The van der Waals surface area contributed by atoms with Crippen LogP contribution >= 0.6 is 0 Å². The molecule has 0 N–H and O–H groups in total. The molecule has 1 heterocycles. The molecule has 1 aliphatic rings. The van der Waals surface area contributed by atoms with E-state index in [9.17, 15) is 10.1 Å². The molecule has 0 saturated heterocycles. The fourth-order valence-corrected chi connectivity index (χ4v) is 3.53. The van der Waals surface area contributed by atoms with Gasteiger partial charge in [0.25, 0.3) is 0 Å². The van der Waals surface area contributed by atoms with Gasteiger partial charge in [-0.1, -0.05) is 48.9 Å². The van der Waals surface area contributed by atoms with Crippen LogP contribution in [0.1, 0.15) is 36.1 Å². The maximum Gasteiger partial charge on any atom is 0.237 e. The van der Waals surface area contributed by atoms with Crippen molar-refractivity contribution < 1.29 is 4.92 Å². The summed E-state index contributed by atoms with van der Waals surface area (Å²) in [5.41, 5.74) is 4.60. The summed E-state index contributed by atoms with van der Waals surface area (Å²) in [6.45, 7) is 4.77. The number of hydrogen-bond acceptors (Lipinski definition) is 3. The predicted molar refractivity (Wildman–Crippen MR) is 92.5 cm³/mol. The molecule has 0 saturated carbocycles. The smallest absolute Gasteiger partial charge is 0.237 e. The normalized spacial score (nSPS) is 18.3. The average molecular weight is 310 g/mol. The van der Waals surface area contributed by atoms with Crippen LogP contribution in [0.15, 0.2) is 48.5 Å². The fraction of sp³-hybridized carbons (Fsp3) is 0.368. The van der Waals surface area contributed by atoms with Gasteiger partial charge >= 0.3 is 0 Å². The van der Waals surface area contributed by atoms with E-state index in [-0.39, 0.29) is 11.0 Å². The Hall–Kier alpha value is -2.36. The summed E-state index contributed by atoms with van der Waals surface area (Å²) in [4.78, 5) is 13.7. The van der Waals surface area contributed by atoms with E-state index in [4.69, 9.17) is 0 Å². The molecule has 2 atom stereocenters. The summed E-state index contributed by atoms with van der Waals surface area (Å²) in [5.74, 6) is 0. The summed E-state index contributed by atoms with van der Waals surface area (Å²) in [5, 5.41) is 11.6. The first kappa shape index (κ1) is 15.5. The lowest BCUT2D eigenvalue weighted by Gasteiger charge is -2.39. The minimum absolute atomic E-state index is 0.117.